The fraction of sp³-hybridized carbons (Fsp3) is 0.545. The highest BCUT2D eigenvalue weighted by Crippen LogP contribution is 2.26. The molecule has 2 N–H and O–H groups in total. The van der Waals surface area contributed by atoms with Crippen molar-refractivity contribution in [1.82, 2.24) is 0 Å². The van der Waals surface area contributed by atoms with E-state index in [1.54, 1.807) is 0 Å². The summed E-state index contributed by atoms with van der Waals surface area (Å²) in [4.78, 5) is 4.45. The smallest absolute Gasteiger partial charge is 0.0787 e. The van der Waals surface area contributed by atoms with E-state index in [0.717, 1.165) is 12.1 Å². The van der Waals surface area contributed by atoms with Crippen molar-refractivity contribution in [3.63, 3.8) is 0 Å². The molecule has 0 saturated carbocycles. The Morgan fingerprint density at radius 1 is 1.62 bits per heavy atom. The molecule has 0 amide bonds. The van der Waals surface area contributed by atoms with E-state index >= 15 is 0 Å². The topological polar surface area (TPSA) is 38.4 Å². The van der Waals surface area contributed by atoms with E-state index < -0.39 is 0 Å². The molecular weight excluding hydrogens is 160 g/mol. The maximum Gasteiger partial charge on any atom is 0.0787 e. The number of rotatable bonds is 2. The van der Waals surface area contributed by atoms with Crippen molar-refractivity contribution < 1.29 is 0 Å². The molecule has 0 aromatic rings. The van der Waals surface area contributed by atoms with Crippen LogP contribution in [0.5, 0.6) is 0 Å². The predicted molar refractivity (Wildman–Crippen MR) is 57.8 cm³/mol. The van der Waals surface area contributed by atoms with Gasteiger partial charge in [-0.1, -0.05) is 19.9 Å². The Hall–Kier alpha value is -1.05. The van der Waals surface area contributed by atoms with Crippen LogP contribution in [0.1, 0.15) is 27.2 Å². The summed E-state index contributed by atoms with van der Waals surface area (Å²) in [6, 6.07) is 0.264. The quantitative estimate of drug-likeness (QED) is 0.647. The molecule has 0 fully saturated rings. The van der Waals surface area contributed by atoms with Crippen molar-refractivity contribution in [2.75, 3.05) is 0 Å². The number of allylic oxidation sites excluding steroid dienone is 1. The first-order valence-corrected chi connectivity index (χ1v) is 4.85. The molecule has 13 heavy (non-hydrogen) atoms. The van der Waals surface area contributed by atoms with Crippen molar-refractivity contribution in [1.29, 1.82) is 0 Å². The zero-order valence-corrected chi connectivity index (χ0v) is 8.62. The lowest BCUT2D eigenvalue weighted by molar-refractivity contribution is 0.579. The summed E-state index contributed by atoms with van der Waals surface area (Å²) in [5.41, 5.74) is 8.06. The number of hydrogen-bond acceptors (Lipinski definition) is 2. The van der Waals surface area contributed by atoms with Gasteiger partial charge < -0.3 is 5.73 Å². The molecule has 2 unspecified atom stereocenters. The Labute approximate surface area is 80.2 Å². The molecule has 1 rings (SSSR count). The molecule has 2 atom stereocenters. The van der Waals surface area contributed by atoms with E-state index in [9.17, 15) is 0 Å². The van der Waals surface area contributed by atoms with Crippen LogP contribution in [0.15, 0.2) is 28.4 Å². The van der Waals surface area contributed by atoms with Gasteiger partial charge in [0, 0.05) is 11.6 Å². The van der Waals surface area contributed by atoms with Crippen LogP contribution < -0.4 is 5.73 Å². The Bertz CT molecular complexity index is 261. The highest BCUT2D eigenvalue weighted by Gasteiger charge is 2.21. The van der Waals surface area contributed by atoms with Crippen molar-refractivity contribution in [2.45, 2.75) is 33.2 Å². The first-order valence-electron chi connectivity index (χ1n) is 4.85. The molecule has 1 aliphatic carbocycles. The fourth-order valence-electron chi connectivity index (χ4n) is 1.76. The van der Waals surface area contributed by atoms with Crippen LogP contribution in [-0.2, 0) is 0 Å². The molecule has 0 aromatic heterocycles. The average molecular weight is 178 g/mol. The Kier molecular flexibility index (Phi) is 3.29. The van der Waals surface area contributed by atoms with Gasteiger partial charge in [0.25, 0.3) is 0 Å². The zero-order chi connectivity index (χ0) is 9.84. The Balaban J connectivity index is 2.97. The highest BCUT2D eigenvalue weighted by molar-refractivity contribution is 5.55. The van der Waals surface area contributed by atoms with Crippen molar-refractivity contribution >= 4 is 6.21 Å². The largest absolute Gasteiger partial charge is 0.399 e. The number of aliphatic imine (C=N–C) groups is 1. The van der Waals surface area contributed by atoms with E-state index in [2.05, 4.69) is 24.9 Å². The third-order valence-electron chi connectivity index (χ3n) is 2.50. The summed E-state index contributed by atoms with van der Waals surface area (Å²) in [5, 5.41) is 0. The molecule has 0 bridgehead atoms. The van der Waals surface area contributed by atoms with E-state index in [1.807, 2.05) is 19.2 Å². The first kappa shape index (κ1) is 10.0. The summed E-state index contributed by atoms with van der Waals surface area (Å²) in [6.07, 6.45) is 6.99. The minimum Gasteiger partial charge on any atom is -0.399 e. The second kappa shape index (κ2) is 4.26. The SMILES string of the molecule is CC=NC1C(CC)=C(N)C=CC1C. The van der Waals surface area contributed by atoms with E-state index in [1.165, 1.54) is 5.57 Å². The molecule has 2 nitrogen and oxygen atoms in total. The lowest BCUT2D eigenvalue weighted by atomic mass is 9.87. The number of nitrogens with two attached hydrogens (primary N) is 1. The second-order valence-corrected chi connectivity index (χ2v) is 3.40. The Morgan fingerprint density at radius 3 is 2.85 bits per heavy atom. The maximum atomic E-state index is 5.89. The lowest BCUT2D eigenvalue weighted by Crippen LogP contribution is -2.23. The summed E-state index contributed by atoms with van der Waals surface area (Å²) >= 11 is 0. The highest BCUT2D eigenvalue weighted by atomic mass is 14.8. The monoisotopic (exact) mass is 178 g/mol. The van der Waals surface area contributed by atoms with Gasteiger partial charge in [0.1, 0.15) is 0 Å². The minimum absolute atomic E-state index is 0.264. The van der Waals surface area contributed by atoms with Crippen LogP contribution in [0.3, 0.4) is 0 Å². The standard InChI is InChI=1S/C11H18N2/c1-4-9-10(12)7-6-8(3)11(9)13-5-2/h5-8,11H,4,12H2,1-3H3. The molecule has 0 aromatic carbocycles. The van der Waals surface area contributed by atoms with Gasteiger partial charge in [0.15, 0.2) is 0 Å². The van der Waals surface area contributed by atoms with Gasteiger partial charge >= 0.3 is 0 Å². The lowest BCUT2D eigenvalue weighted by Gasteiger charge is -2.25. The van der Waals surface area contributed by atoms with Gasteiger partial charge in [-0.25, -0.2) is 0 Å². The molecule has 0 heterocycles. The van der Waals surface area contributed by atoms with Gasteiger partial charge in [-0.3, -0.25) is 4.99 Å². The van der Waals surface area contributed by atoms with Crippen molar-refractivity contribution in [3.05, 3.63) is 23.4 Å². The van der Waals surface area contributed by atoms with Crippen LogP contribution >= 0.6 is 0 Å². The van der Waals surface area contributed by atoms with Crippen LogP contribution in [0.4, 0.5) is 0 Å². The van der Waals surface area contributed by atoms with Gasteiger partial charge in [-0.15, -0.1) is 0 Å². The van der Waals surface area contributed by atoms with Gasteiger partial charge in [0.2, 0.25) is 0 Å². The summed E-state index contributed by atoms with van der Waals surface area (Å²) in [7, 11) is 0. The zero-order valence-electron chi connectivity index (χ0n) is 8.62. The van der Waals surface area contributed by atoms with Gasteiger partial charge in [0.05, 0.1) is 6.04 Å². The molecule has 0 aliphatic heterocycles. The normalized spacial score (nSPS) is 28.8. The molecule has 0 radical (unpaired) electrons. The molecular formula is C11H18N2. The van der Waals surface area contributed by atoms with Crippen LogP contribution in [-0.4, -0.2) is 12.3 Å². The minimum atomic E-state index is 0.264. The third kappa shape index (κ3) is 2.00. The summed E-state index contributed by atoms with van der Waals surface area (Å²) in [6.45, 7) is 6.26. The van der Waals surface area contributed by atoms with Crippen LogP contribution in [0.25, 0.3) is 0 Å². The van der Waals surface area contributed by atoms with Gasteiger partial charge in [-0.05, 0) is 31.2 Å². The molecule has 0 saturated heterocycles. The molecule has 0 spiro atoms. The third-order valence-corrected chi connectivity index (χ3v) is 2.50. The molecule has 1 aliphatic rings. The van der Waals surface area contributed by atoms with E-state index in [0.29, 0.717) is 5.92 Å². The van der Waals surface area contributed by atoms with Gasteiger partial charge in [-0.2, -0.15) is 0 Å². The van der Waals surface area contributed by atoms with Crippen molar-refractivity contribution in [3.8, 4) is 0 Å². The Morgan fingerprint density at radius 2 is 2.31 bits per heavy atom. The van der Waals surface area contributed by atoms with E-state index in [4.69, 9.17) is 5.73 Å². The maximum absolute atomic E-state index is 5.89. The van der Waals surface area contributed by atoms with Crippen LogP contribution in [0, 0.1) is 5.92 Å². The van der Waals surface area contributed by atoms with Crippen LogP contribution in [0.2, 0.25) is 0 Å². The summed E-state index contributed by atoms with van der Waals surface area (Å²) in [5.74, 6) is 0.471. The molecule has 72 valence electrons. The second-order valence-electron chi connectivity index (χ2n) is 3.40. The van der Waals surface area contributed by atoms with Crippen molar-refractivity contribution in [2.24, 2.45) is 16.6 Å². The number of nitrogens with zero attached hydrogens (tertiary/aromatic N) is 1. The fourth-order valence-corrected chi connectivity index (χ4v) is 1.76. The summed E-state index contributed by atoms with van der Waals surface area (Å²) < 4.78 is 0. The number of hydrogen-bond donors (Lipinski definition) is 1. The molecule has 2 heteroatoms. The van der Waals surface area contributed by atoms with E-state index in [-0.39, 0.29) is 6.04 Å². The average Bonchev–Trinajstić information content (AvgIpc) is 2.12. The predicted octanol–water partition coefficient (Wildman–Crippen LogP) is 2.27. The first-order chi connectivity index (χ1) is 6.20.